The van der Waals surface area contributed by atoms with Crippen LogP contribution in [0.5, 0.6) is 0 Å². The summed E-state index contributed by atoms with van der Waals surface area (Å²) >= 11 is 1.56. The first-order valence-corrected chi connectivity index (χ1v) is 8.45. The van der Waals surface area contributed by atoms with Crippen molar-refractivity contribution < 1.29 is 9.90 Å². The van der Waals surface area contributed by atoms with Crippen LogP contribution in [-0.4, -0.2) is 35.1 Å². The molecule has 1 saturated heterocycles. The third-order valence-electron chi connectivity index (χ3n) is 4.37. The summed E-state index contributed by atoms with van der Waals surface area (Å²) in [7, 11) is 0. The number of hydrogen-bond acceptors (Lipinski definition) is 5. The normalized spacial score (nSPS) is 28.2. The number of nitrogens with zero attached hydrogens (tertiary/aromatic N) is 2. The minimum Gasteiger partial charge on any atom is -0.387 e. The van der Waals surface area contributed by atoms with Crippen molar-refractivity contribution in [2.45, 2.75) is 52.2 Å². The summed E-state index contributed by atoms with van der Waals surface area (Å²) in [6.45, 7) is 7.81. The van der Waals surface area contributed by atoms with E-state index >= 15 is 0 Å². The van der Waals surface area contributed by atoms with Crippen LogP contribution in [0, 0.1) is 5.41 Å². The van der Waals surface area contributed by atoms with E-state index < -0.39 is 6.10 Å². The maximum absolute atomic E-state index is 12.0. The van der Waals surface area contributed by atoms with E-state index in [1.54, 1.807) is 11.3 Å². The number of aromatic nitrogens is 1. The van der Waals surface area contributed by atoms with Gasteiger partial charge in [-0.1, -0.05) is 32.1 Å². The monoisotopic (exact) mass is 309 g/mol. The Bertz CT molecular complexity index is 555. The van der Waals surface area contributed by atoms with Gasteiger partial charge in [0.15, 0.2) is 5.13 Å². The van der Waals surface area contributed by atoms with Crippen LogP contribution >= 0.6 is 11.3 Å². The van der Waals surface area contributed by atoms with Gasteiger partial charge in [0.25, 0.3) is 0 Å². The number of fused-ring (bicyclic) bond motifs is 1. The topological polar surface area (TPSA) is 65.5 Å². The number of thiazole rings is 1. The molecule has 2 N–H and O–H groups in total. The lowest BCUT2D eigenvalue weighted by molar-refractivity contribution is -0.123. The molecular weight excluding hydrogens is 286 g/mol. The van der Waals surface area contributed by atoms with Crippen LogP contribution in [0.1, 0.15) is 50.3 Å². The molecule has 5 nitrogen and oxygen atoms in total. The molecule has 0 radical (unpaired) electrons. The molecule has 1 amide bonds. The Morgan fingerprint density at radius 2 is 2.29 bits per heavy atom. The van der Waals surface area contributed by atoms with Crippen molar-refractivity contribution in [3.63, 3.8) is 0 Å². The predicted molar refractivity (Wildman–Crippen MR) is 83.6 cm³/mol. The Morgan fingerprint density at radius 1 is 1.52 bits per heavy atom. The van der Waals surface area contributed by atoms with Crippen molar-refractivity contribution in [1.29, 1.82) is 0 Å². The number of nitrogens with one attached hydrogen (secondary N) is 1. The summed E-state index contributed by atoms with van der Waals surface area (Å²) in [5, 5.41) is 14.2. The van der Waals surface area contributed by atoms with Crippen LogP contribution in [0.15, 0.2) is 0 Å². The Labute approximate surface area is 129 Å². The molecule has 0 saturated carbocycles. The zero-order valence-corrected chi connectivity index (χ0v) is 13.7. The van der Waals surface area contributed by atoms with Crippen LogP contribution in [0.2, 0.25) is 0 Å². The molecule has 2 heterocycles. The van der Waals surface area contributed by atoms with Gasteiger partial charge in [-0.05, 0) is 24.7 Å². The molecule has 0 aromatic carbocycles. The summed E-state index contributed by atoms with van der Waals surface area (Å²) in [4.78, 5) is 19.8. The van der Waals surface area contributed by atoms with Crippen LogP contribution in [0.3, 0.4) is 0 Å². The molecular formula is C15H23N3O2S. The van der Waals surface area contributed by atoms with Crippen molar-refractivity contribution in [3.8, 4) is 0 Å². The van der Waals surface area contributed by atoms with Crippen molar-refractivity contribution in [1.82, 2.24) is 10.3 Å². The van der Waals surface area contributed by atoms with E-state index in [1.807, 2.05) is 6.92 Å². The number of rotatable bonds is 2. The molecule has 1 aromatic rings. The van der Waals surface area contributed by atoms with E-state index in [0.717, 1.165) is 41.5 Å². The second kappa shape index (κ2) is 5.25. The van der Waals surface area contributed by atoms with E-state index in [0.29, 0.717) is 6.54 Å². The first-order chi connectivity index (χ1) is 9.91. The summed E-state index contributed by atoms with van der Waals surface area (Å²) in [5.41, 5.74) is 1.10. The fourth-order valence-electron chi connectivity index (χ4n) is 3.35. The average molecular weight is 309 g/mol. The molecule has 1 aliphatic heterocycles. The van der Waals surface area contributed by atoms with E-state index in [4.69, 9.17) is 4.98 Å². The number of piperazine rings is 1. The Kier molecular flexibility index (Phi) is 3.69. The largest absolute Gasteiger partial charge is 0.387 e. The number of amides is 1. The molecule has 1 aromatic heterocycles. The SMILES string of the molecule is CCC1C(=O)NCCN1c1nc2c(s1)C(O)CC(C)(C)C2. The lowest BCUT2D eigenvalue weighted by Gasteiger charge is -2.34. The maximum atomic E-state index is 12.0. The number of carbonyl (C=O) groups is 1. The molecule has 1 fully saturated rings. The zero-order valence-electron chi connectivity index (χ0n) is 12.8. The van der Waals surface area contributed by atoms with Crippen molar-refractivity contribution in [2.24, 2.45) is 5.41 Å². The van der Waals surface area contributed by atoms with Gasteiger partial charge in [-0.3, -0.25) is 4.79 Å². The first-order valence-electron chi connectivity index (χ1n) is 7.63. The van der Waals surface area contributed by atoms with Gasteiger partial charge in [0.1, 0.15) is 6.04 Å². The van der Waals surface area contributed by atoms with E-state index in [2.05, 4.69) is 24.1 Å². The van der Waals surface area contributed by atoms with Crippen LogP contribution in [-0.2, 0) is 11.2 Å². The molecule has 21 heavy (non-hydrogen) atoms. The molecule has 2 atom stereocenters. The predicted octanol–water partition coefficient (Wildman–Crippen LogP) is 1.86. The van der Waals surface area contributed by atoms with E-state index in [9.17, 15) is 9.90 Å². The van der Waals surface area contributed by atoms with E-state index in [-0.39, 0.29) is 17.4 Å². The van der Waals surface area contributed by atoms with Gasteiger partial charge in [0.2, 0.25) is 5.91 Å². The van der Waals surface area contributed by atoms with Gasteiger partial charge in [-0.2, -0.15) is 0 Å². The number of aliphatic hydroxyl groups excluding tert-OH is 1. The Balaban J connectivity index is 1.92. The Hall–Kier alpha value is -1.14. The van der Waals surface area contributed by atoms with Crippen molar-refractivity contribution >= 4 is 22.4 Å². The molecule has 116 valence electrons. The quantitative estimate of drug-likeness (QED) is 0.875. The van der Waals surface area contributed by atoms with Gasteiger partial charge in [0.05, 0.1) is 16.7 Å². The highest BCUT2D eigenvalue weighted by Crippen LogP contribution is 2.45. The summed E-state index contributed by atoms with van der Waals surface area (Å²) in [6, 6.07) is -0.142. The molecule has 0 spiro atoms. The second-order valence-corrected chi connectivity index (χ2v) is 7.79. The molecule has 0 bridgehead atoms. The van der Waals surface area contributed by atoms with Gasteiger partial charge in [-0.15, -0.1) is 0 Å². The third kappa shape index (κ3) is 2.66. The average Bonchev–Trinajstić information content (AvgIpc) is 2.80. The van der Waals surface area contributed by atoms with Crippen molar-refractivity contribution in [2.75, 3.05) is 18.0 Å². The lowest BCUT2D eigenvalue weighted by atomic mass is 9.77. The molecule has 2 aliphatic rings. The van der Waals surface area contributed by atoms with Crippen LogP contribution in [0.4, 0.5) is 5.13 Å². The van der Waals surface area contributed by atoms with Gasteiger partial charge in [-0.25, -0.2) is 4.98 Å². The van der Waals surface area contributed by atoms with Crippen molar-refractivity contribution in [3.05, 3.63) is 10.6 Å². The van der Waals surface area contributed by atoms with Gasteiger partial charge < -0.3 is 15.3 Å². The number of aliphatic hydroxyl groups is 1. The smallest absolute Gasteiger partial charge is 0.242 e. The number of carbonyl (C=O) groups excluding carboxylic acids is 1. The highest BCUT2D eigenvalue weighted by atomic mass is 32.1. The Morgan fingerprint density at radius 3 is 3.00 bits per heavy atom. The molecule has 2 unspecified atom stereocenters. The summed E-state index contributed by atoms with van der Waals surface area (Å²) in [5.74, 6) is 0.0813. The van der Waals surface area contributed by atoms with Crippen LogP contribution in [0.25, 0.3) is 0 Å². The summed E-state index contributed by atoms with van der Waals surface area (Å²) in [6.07, 6.45) is 2.02. The lowest BCUT2D eigenvalue weighted by Crippen LogP contribution is -2.55. The minimum absolute atomic E-state index is 0.0813. The zero-order chi connectivity index (χ0) is 15.2. The first kappa shape index (κ1) is 14.8. The third-order valence-corrected chi connectivity index (χ3v) is 5.61. The maximum Gasteiger partial charge on any atom is 0.242 e. The summed E-state index contributed by atoms with van der Waals surface area (Å²) < 4.78 is 0. The van der Waals surface area contributed by atoms with E-state index in [1.165, 1.54) is 0 Å². The molecule has 3 rings (SSSR count). The standard InChI is InChI=1S/C15H23N3O2S/c1-4-10-13(20)16-5-6-18(10)14-17-9-7-15(2,3)8-11(19)12(9)21-14/h10-11,19H,4-8H2,1-3H3,(H,16,20). The van der Waals surface area contributed by atoms with Gasteiger partial charge in [0, 0.05) is 13.1 Å². The number of anilines is 1. The molecule has 6 heteroatoms. The highest BCUT2D eigenvalue weighted by Gasteiger charge is 2.36. The fraction of sp³-hybridized carbons (Fsp3) is 0.733. The van der Waals surface area contributed by atoms with Crippen LogP contribution < -0.4 is 10.2 Å². The second-order valence-electron chi connectivity index (χ2n) is 6.78. The van der Waals surface area contributed by atoms with Gasteiger partial charge >= 0.3 is 0 Å². The minimum atomic E-state index is -0.423. The number of hydrogen-bond donors (Lipinski definition) is 2. The molecule has 1 aliphatic carbocycles. The fourth-order valence-corrected chi connectivity index (χ4v) is 4.49. The highest BCUT2D eigenvalue weighted by molar-refractivity contribution is 7.15.